The van der Waals surface area contributed by atoms with Crippen LogP contribution in [0.4, 0.5) is 4.79 Å². The molecule has 1 aliphatic rings. The predicted molar refractivity (Wildman–Crippen MR) is 73.7 cm³/mol. The average molecular weight is 256 g/mol. The van der Waals surface area contributed by atoms with Crippen molar-refractivity contribution in [2.24, 2.45) is 0 Å². The molecule has 106 valence electrons. The summed E-state index contributed by atoms with van der Waals surface area (Å²) in [5.41, 5.74) is -0.426. The molecule has 0 aromatic rings. The number of nitrogens with zero attached hydrogens (tertiary/aromatic N) is 1. The number of ether oxygens (including phenoxy) is 1. The number of carbonyl (C=O) groups is 1. The molecular formula is C14H28N2O2. The first-order chi connectivity index (χ1) is 8.29. The first-order valence-electron chi connectivity index (χ1n) is 7.02. The Morgan fingerprint density at radius 2 is 2.06 bits per heavy atom. The Kier molecular flexibility index (Phi) is 5.45. The Morgan fingerprint density at radius 1 is 1.39 bits per heavy atom. The van der Waals surface area contributed by atoms with Crippen LogP contribution in [0.2, 0.25) is 0 Å². The number of carbonyl (C=O) groups excluding carboxylic acids is 1. The lowest BCUT2D eigenvalue weighted by Gasteiger charge is -2.34. The van der Waals surface area contributed by atoms with E-state index in [4.69, 9.17) is 4.74 Å². The van der Waals surface area contributed by atoms with E-state index in [1.807, 2.05) is 39.5 Å². The van der Waals surface area contributed by atoms with Gasteiger partial charge in [0, 0.05) is 18.6 Å². The van der Waals surface area contributed by atoms with E-state index in [2.05, 4.69) is 5.32 Å². The van der Waals surface area contributed by atoms with Gasteiger partial charge in [0.25, 0.3) is 0 Å². The van der Waals surface area contributed by atoms with Gasteiger partial charge in [0.1, 0.15) is 5.60 Å². The highest BCUT2D eigenvalue weighted by molar-refractivity contribution is 5.68. The summed E-state index contributed by atoms with van der Waals surface area (Å²) in [6, 6.07) is 0.581. The van der Waals surface area contributed by atoms with Crippen molar-refractivity contribution in [2.75, 3.05) is 13.1 Å². The molecule has 0 radical (unpaired) electrons. The van der Waals surface area contributed by atoms with Gasteiger partial charge in [0.2, 0.25) is 0 Å². The molecule has 1 heterocycles. The van der Waals surface area contributed by atoms with Crippen LogP contribution in [0.25, 0.3) is 0 Å². The normalized spacial score (nSPS) is 20.9. The fourth-order valence-corrected chi connectivity index (χ4v) is 2.13. The van der Waals surface area contributed by atoms with E-state index in [0.29, 0.717) is 6.04 Å². The Labute approximate surface area is 111 Å². The van der Waals surface area contributed by atoms with E-state index in [1.165, 1.54) is 12.8 Å². The van der Waals surface area contributed by atoms with E-state index < -0.39 is 5.60 Å². The standard InChI is InChI=1S/C14H28N2O2/c1-11(2)16(13(17)18-14(3,4)5)10-12-8-6-7-9-15-12/h11-12,15H,6-10H2,1-5H3/t12-/m0/s1. The Hall–Kier alpha value is -0.770. The second-order valence-corrected chi connectivity index (χ2v) is 6.37. The fraction of sp³-hybridized carbons (Fsp3) is 0.929. The van der Waals surface area contributed by atoms with Gasteiger partial charge in [-0.2, -0.15) is 0 Å². The van der Waals surface area contributed by atoms with Crippen LogP contribution < -0.4 is 5.32 Å². The predicted octanol–water partition coefficient (Wildman–Crippen LogP) is 2.77. The molecule has 0 aromatic heterocycles. The maximum absolute atomic E-state index is 12.1. The maximum Gasteiger partial charge on any atom is 0.410 e. The molecule has 0 bridgehead atoms. The van der Waals surface area contributed by atoms with E-state index in [-0.39, 0.29) is 12.1 Å². The van der Waals surface area contributed by atoms with Gasteiger partial charge >= 0.3 is 6.09 Å². The highest BCUT2D eigenvalue weighted by Gasteiger charge is 2.26. The van der Waals surface area contributed by atoms with Gasteiger partial charge in [-0.1, -0.05) is 6.42 Å². The molecule has 0 aliphatic carbocycles. The van der Waals surface area contributed by atoms with Crippen LogP contribution >= 0.6 is 0 Å². The maximum atomic E-state index is 12.1. The minimum absolute atomic E-state index is 0.170. The third-order valence-electron chi connectivity index (χ3n) is 3.08. The summed E-state index contributed by atoms with van der Waals surface area (Å²) in [6.07, 6.45) is 3.43. The number of hydrogen-bond donors (Lipinski definition) is 1. The SMILES string of the molecule is CC(C)N(C[C@@H]1CCCCN1)C(=O)OC(C)(C)C. The number of rotatable bonds is 3. The molecule has 1 saturated heterocycles. The Bertz CT molecular complexity index is 265. The van der Waals surface area contributed by atoms with Crippen LogP contribution in [0.5, 0.6) is 0 Å². The summed E-state index contributed by atoms with van der Waals surface area (Å²) in [7, 11) is 0. The third-order valence-corrected chi connectivity index (χ3v) is 3.08. The third kappa shape index (κ3) is 5.25. The van der Waals surface area contributed by atoms with E-state index in [1.54, 1.807) is 0 Å². The van der Waals surface area contributed by atoms with Gasteiger partial charge in [0.05, 0.1) is 0 Å². The van der Waals surface area contributed by atoms with Crippen molar-refractivity contribution < 1.29 is 9.53 Å². The van der Waals surface area contributed by atoms with Crippen molar-refractivity contribution in [3.63, 3.8) is 0 Å². The van der Waals surface area contributed by atoms with Crippen molar-refractivity contribution in [2.45, 2.75) is 71.6 Å². The molecule has 1 aliphatic heterocycles. The summed E-state index contributed by atoms with van der Waals surface area (Å²) in [4.78, 5) is 14.0. The van der Waals surface area contributed by atoms with Gasteiger partial charge in [-0.15, -0.1) is 0 Å². The average Bonchev–Trinajstić information content (AvgIpc) is 2.24. The largest absolute Gasteiger partial charge is 0.444 e. The van der Waals surface area contributed by atoms with Crippen LogP contribution in [-0.4, -0.2) is 41.8 Å². The van der Waals surface area contributed by atoms with Crippen molar-refractivity contribution in [1.29, 1.82) is 0 Å². The van der Waals surface area contributed by atoms with Crippen LogP contribution in [0, 0.1) is 0 Å². The van der Waals surface area contributed by atoms with Crippen molar-refractivity contribution in [3.8, 4) is 0 Å². The second kappa shape index (κ2) is 6.41. The molecule has 18 heavy (non-hydrogen) atoms. The fourth-order valence-electron chi connectivity index (χ4n) is 2.13. The molecule has 0 saturated carbocycles. The van der Waals surface area contributed by atoms with Crippen LogP contribution in [0.1, 0.15) is 53.9 Å². The number of amides is 1. The topological polar surface area (TPSA) is 41.6 Å². The minimum atomic E-state index is -0.426. The van der Waals surface area contributed by atoms with Crippen molar-refractivity contribution in [1.82, 2.24) is 10.2 Å². The van der Waals surface area contributed by atoms with E-state index in [0.717, 1.165) is 19.5 Å². The van der Waals surface area contributed by atoms with Crippen LogP contribution in [0.15, 0.2) is 0 Å². The zero-order valence-electron chi connectivity index (χ0n) is 12.5. The summed E-state index contributed by atoms with van der Waals surface area (Å²) >= 11 is 0. The lowest BCUT2D eigenvalue weighted by Crippen LogP contribution is -2.49. The summed E-state index contributed by atoms with van der Waals surface area (Å²) in [5, 5.41) is 3.47. The Balaban J connectivity index is 2.55. The molecule has 0 aromatic carbocycles. The molecule has 4 heteroatoms. The zero-order chi connectivity index (χ0) is 13.8. The quantitative estimate of drug-likeness (QED) is 0.844. The molecule has 1 amide bonds. The van der Waals surface area contributed by atoms with Gasteiger partial charge in [-0.25, -0.2) is 4.79 Å². The zero-order valence-corrected chi connectivity index (χ0v) is 12.5. The monoisotopic (exact) mass is 256 g/mol. The second-order valence-electron chi connectivity index (χ2n) is 6.37. The lowest BCUT2D eigenvalue weighted by molar-refractivity contribution is 0.0164. The first kappa shape index (κ1) is 15.3. The van der Waals surface area contributed by atoms with Crippen LogP contribution in [0.3, 0.4) is 0 Å². The molecule has 1 fully saturated rings. The minimum Gasteiger partial charge on any atom is -0.444 e. The summed E-state index contributed by atoms with van der Waals surface area (Å²) in [5.74, 6) is 0. The summed E-state index contributed by atoms with van der Waals surface area (Å²) < 4.78 is 5.46. The van der Waals surface area contributed by atoms with E-state index in [9.17, 15) is 4.79 Å². The Morgan fingerprint density at radius 3 is 2.50 bits per heavy atom. The number of hydrogen-bond acceptors (Lipinski definition) is 3. The molecule has 1 atom stereocenters. The van der Waals surface area contributed by atoms with Crippen molar-refractivity contribution in [3.05, 3.63) is 0 Å². The lowest BCUT2D eigenvalue weighted by atomic mass is 10.0. The number of nitrogens with one attached hydrogen (secondary N) is 1. The summed E-state index contributed by atoms with van der Waals surface area (Å²) in [6.45, 7) is 11.6. The highest BCUT2D eigenvalue weighted by atomic mass is 16.6. The molecule has 4 nitrogen and oxygen atoms in total. The molecule has 0 spiro atoms. The first-order valence-corrected chi connectivity index (χ1v) is 7.02. The highest BCUT2D eigenvalue weighted by Crippen LogP contribution is 2.15. The van der Waals surface area contributed by atoms with Crippen LogP contribution in [-0.2, 0) is 4.74 Å². The smallest absolute Gasteiger partial charge is 0.410 e. The number of piperidine rings is 1. The molecule has 1 rings (SSSR count). The van der Waals surface area contributed by atoms with Gasteiger partial charge in [-0.3, -0.25) is 0 Å². The van der Waals surface area contributed by atoms with E-state index >= 15 is 0 Å². The van der Waals surface area contributed by atoms with Crippen molar-refractivity contribution >= 4 is 6.09 Å². The van der Waals surface area contributed by atoms with Gasteiger partial charge < -0.3 is 15.0 Å². The van der Waals surface area contributed by atoms with Gasteiger partial charge in [-0.05, 0) is 54.0 Å². The van der Waals surface area contributed by atoms with Gasteiger partial charge in [0.15, 0.2) is 0 Å². The molecular weight excluding hydrogens is 228 g/mol. The molecule has 0 unspecified atom stereocenters. The molecule has 1 N–H and O–H groups in total.